The number of aliphatic hydroxyl groups is 1. The highest BCUT2D eigenvalue weighted by atomic mass is 16.3. The normalized spacial score (nSPS) is 16.5. The molecule has 0 spiro atoms. The minimum absolute atomic E-state index is 0.242. The standard InChI is InChI=1S/C15H20N8O/c1-3-4-11-5-14(23-15(18-11)16-9-17-23)21-6-12(7-21)22-8-13(10(2)24)19-20-22/h5,8-10,12,24H,3-4,6-7H2,1-2H3. The van der Waals surface area contributed by atoms with Crippen molar-refractivity contribution < 1.29 is 5.11 Å². The molecule has 1 unspecified atom stereocenters. The molecule has 4 heterocycles. The Kier molecular flexibility index (Phi) is 3.64. The van der Waals surface area contributed by atoms with Crippen molar-refractivity contribution in [3.05, 3.63) is 30.0 Å². The molecular weight excluding hydrogens is 308 g/mol. The zero-order valence-corrected chi connectivity index (χ0v) is 13.7. The summed E-state index contributed by atoms with van der Waals surface area (Å²) in [5.74, 6) is 1.64. The van der Waals surface area contributed by atoms with Crippen molar-refractivity contribution in [1.29, 1.82) is 0 Å². The monoisotopic (exact) mass is 328 g/mol. The summed E-state index contributed by atoms with van der Waals surface area (Å²) >= 11 is 0. The molecule has 0 amide bonds. The lowest BCUT2D eigenvalue weighted by Gasteiger charge is -2.40. The molecule has 1 aliphatic heterocycles. The largest absolute Gasteiger partial charge is 0.387 e. The Hall–Kier alpha value is -2.55. The smallest absolute Gasteiger partial charge is 0.254 e. The molecule has 9 nitrogen and oxygen atoms in total. The third-order valence-electron chi connectivity index (χ3n) is 4.31. The Labute approximate surface area is 138 Å². The summed E-state index contributed by atoms with van der Waals surface area (Å²) in [7, 11) is 0. The van der Waals surface area contributed by atoms with E-state index in [9.17, 15) is 5.11 Å². The van der Waals surface area contributed by atoms with Crippen LogP contribution in [0.1, 0.15) is 43.8 Å². The van der Waals surface area contributed by atoms with Gasteiger partial charge in [0.2, 0.25) is 0 Å². The van der Waals surface area contributed by atoms with E-state index in [-0.39, 0.29) is 6.04 Å². The molecule has 1 aliphatic rings. The van der Waals surface area contributed by atoms with Gasteiger partial charge >= 0.3 is 0 Å². The number of aliphatic hydroxyl groups excluding tert-OH is 1. The zero-order chi connectivity index (χ0) is 16.7. The van der Waals surface area contributed by atoms with E-state index in [4.69, 9.17) is 0 Å². The second kappa shape index (κ2) is 5.82. The van der Waals surface area contributed by atoms with Gasteiger partial charge < -0.3 is 10.0 Å². The summed E-state index contributed by atoms with van der Waals surface area (Å²) in [4.78, 5) is 11.0. The third-order valence-corrected chi connectivity index (χ3v) is 4.31. The van der Waals surface area contributed by atoms with E-state index >= 15 is 0 Å². The molecule has 0 aromatic carbocycles. The third kappa shape index (κ3) is 2.50. The Bertz CT molecular complexity index is 848. The molecule has 3 aromatic rings. The van der Waals surface area contributed by atoms with Gasteiger partial charge in [0.25, 0.3) is 5.78 Å². The van der Waals surface area contributed by atoms with Crippen molar-refractivity contribution in [3.8, 4) is 0 Å². The first kappa shape index (κ1) is 15.0. The van der Waals surface area contributed by atoms with Gasteiger partial charge in [-0.3, -0.25) is 0 Å². The number of aryl methyl sites for hydroxylation is 1. The molecule has 0 aliphatic carbocycles. The number of hydrogen-bond acceptors (Lipinski definition) is 7. The van der Waals surface area contributed by atoms with Crippen LogP contribution in [0.15, 0.2) is 18.6 Å². The van der Waals surface area contributed by atoms with E-state index in [2.05, 4.69) is 43.3 Å². The van der Waals surface area contributed by atoms with Gasteiger partial charge in [-0.05, 0) is 13.3 Å². The fraction of sp³-hybridized carbons (Fsp3) is 0.533. The lowest BCUT2D eigenvalue weighted by Crippen LogP contribution is -2.49. The molecule has 0 bridgehead atoms. The number of aromatic nitrogens is 7. The fourth-order valence-electron chi connectivity index (χ4n) is 2.92. The van der Waals surface area contributed by atoms with Crippen LogP contribution < -0.4 is 4.90 Å². The van der Waals surface area contributed by atoms with Gasteiger partial charge in [0.15, 0.2) is 0 Å². The second-order valence-corrected chi connectivity index (χ2v) is 6.19. The Balaban J connectivity index is 1.55. The number of rotatable bonds is 5. The molecule has 0 saturated carbocycles. The van der Waals surface area contributed by atoms with Crippen LogP contribution in [0.25, 0.3) is 5.78 Å². The van der Waals surface area contributed by atoms with E-state index in [1.165, 1.54) is 6.33 Å². The van der Waals surface area contributed by atoms with Crippen LogP contribution >= 0.6 is 0 Å². The summed E-state index contributed by atoms with van der Waals surface area (Å²) < 4.78 is 3.60. The zero-order valence-electron chi connectivity index (χ0n) is 13.7. The molecule has 1 saturated heterocycles. The Morgan fingerprint density at radius 3 is 2.92 bits per heavy atom. The van der Waals surface area contributed by atoms with Crippen molar-refractivity contribution in [3.63, 3.8) is 0 Å². The van der Waals surface area contributed by atoms with E-state index in [0.717, 1.165) is 37.4 Å². The van der Waals surface area contributed by atoms with Crippen LogP contribution in [-0.4, -0.2) is 52.8 Å². The van der Waals surface area contributed by atoms with Crippen molar-refractivity contribution in [1.82, 2.24) is 34.6 Å². The minimum atomic E-state index is -0.596. The Morgan fingerprint density at radius 1 is 1.38 bits per heavy atom. The molecule has 126 valence electrons. The molecule has 24 heavy (non-hydrogen) atoms. The van der Waals surface area contributed by atoms with Crippen LogP contribution in [0.3, 0.4) is 0 Å². The summed E-state index contributed by atoms with van der Waals surface area (Å²) in [6.07, 6.45) is 4.72. The van der Waals surface area contributed by atoms with Gasteiger partial charge in [0, 0.05) is 24.8 Å². The van der Waals surface area contributed by atoms with E-state index in [1.54, 1.807) is 11.4 Å². The van der Waals surface area contributed by atoms with Gasteiger partial charge in [-0.1, -0.05) is 18.6 Å². The fourth-order valence-corrected chi connectivity index (χ4v) is 2.92. The van der Waals surface area contributed by atoms with Crippen molar-refractivity contribution >= 4 is 11.6 Å². The maximum Gasteiger partial charge on any atom is 0.254 e. The van der Waals surface area contributed by atoms with Gasteiger partial charge in [-0.25, -0.2) is 9.67 Å². The van der Waals surface area contributed by atoms with Crippen molar-refractivity contribution in [2.45, 2.75) is 38.8 Å². The van der Waals surface area contributed by atoms with Crippen LogP contribution in [0.4, 0.5) is 5.82 Å². The number of hydrogen-bond donors (Lipinski definition) is 1. The SMILES string of the molecule is CCCc1cc(N2CC(n3cc(C(C)O)nn3)C2)n2ncnc2n1. The average molecular weight is 328 g/mol. The molecule has 1 atom stereocenters. The Morgan fingerprint density at radius 2 is 2.21 bits per heavy atom. The van der Waals surface area contributed by atoms with Crippen molar-refractivity contribution in [2.75, 3.05) is 18.0 Å². The van der Waals surface area contributed by atoms with Gasteiger partial charge in [-0.15, -0.1) is 5.10 Å². The summed E-state index contributed by atoms with van der Waals surface area (Å²) in [5.41, 5.74) is 1.63. The second-order valence-electron chi connectivity index (χ2n) is 6.19. The maximum atomic E-state index is 9.56. The highest BCUT2D eigenvalue weighted by Gasteiger charge is 2.31. The highest BCUT2D eigenvalue weighted by Crippen LogP contribution is 2.28. The average Bonchev–Trinajstić information content (AvgIpc) is 3.14. The summed E-state index contributed by atoms with van der Waals surface area (Å²) in [5, 5.41) is 22.0. The van der Waals surface area contributed by atoms with Crippen LogP contribution in [0.2, 0.25) is 0 Å². The first-order chi connectivity index (χ1) is 11.7. The summed E-state index contributed by atoms with van der Waals surface area (Å²) in [6.45, 7) is 5.45. The highest BCUT2D eigenvalue weighted by molar-refractivity contribution is 5.49. The van der Waals surface area contributed by atoms with Gasteiger partial charge in [0.05, 0.1) is 18.3 Å². The molecule has 4 rings (SSSR count). The lowest BCUT2D eigenvalue weighted by molar-refractivity contribution is 0.194. The topological polar surface area (TPSA) is 97.3 Å². The first-order valence-corrected chi connectivity index (χ1v) is 8.20. The lowest BCUT2D eigenvalue weighted by atomic mass is 10.1. The summed E-state index contributed by atoms with van der Waals surface area (Å²) in [6, 6.07) is 2.33. The molecule has 0 radical (unpaired) electrons. The van der Waals surface area contributed by atoms with Crippen LogP contribution in [0, 0.1) is 0 Å². The molecule has 1 N–H and O–H groups in total. The minimum Gasteiger partial charge on any atom is -0.387 e. The van der Waals surface area contributed by atoms with E-state index in [0.29, 0.717) is 11.5 Å². The molecule has 1 fully saturated rings. The predicted octanol–water partition coefficient (Wildman–Crippen LogP) is 0.783. The van der Waals surface area contributed by atoms with E-state index in [1.807, 2.05) is 10.9 Å². The quantitative estimate of drug-likeness (QED) is 0.739. The van der Waals surface area contributed by atoms with Gasteiger partial charge in [0.1, 0.15) is 17.8 Å². The molecular formula is C15H20N8O. The maximum absolute atomic E-state index is 9.56. The number of fused-ring (bicyclic) bond motifs is 1. The number of anilines is 1. The molecule has 9 heteroatoms. The number of nitrogens with zero attached hydrogens (tertiary/aromatic N) is 8. The van der Waals surface area contributed by atoms with Crippen molar-refractivity contribution in [2.24, 2.45) is 0 Å². The van der Waals surface area contributed by atoms with E-state index < -0.39 is 6.10 Å². The first-order valence-electron chi connectivity index (χ1n) is 8.20. The van der Waals surface area contributed by atoms with Crippen LogP contribution in [0.5, 0.6) is 0 Å². The predicted molar refractivity (Wildman–Crippen MR) is 86.7 cm³/mol. The van der Waals surface area contributed by atoms with Crippen LogP contribution in [-0.2, 0) is 6.42 Å². The molecule has 3 aromatic heterocycles. The van der Waals surface area contributed by atoms with Gasteiger partial charge in [-0.2, -0.15) is 14.6 Å².